The minimum Gasteiger partial charge on any atom is -0.449 e. The molecule has 3 heterocycles. The molecule has 0 radical (unpaired) electrons. The number of anilines is 1. The first-order chi connectivity index (χ1) is 10.6. The van der Waals surface area contributed by atoms with Gasteiger partial charge in [0.25, 0.3) is 0 Å². The van der Waals surface area contributed by atoms with E-state index in [1.165, 1.54) is 6.20 Å². The van der Waals surface area contributed by atoms with Gasteiger partial charge in [-0.3, -0.25) is 0 Å². The number of hydrogen-bond donors (Lipinski definition) is 3. The third kappa shape index (κ3) is 2.53. The molecular formula is C14H13N5O3. The third-order valence-corrected chi connectivity index (χ3v) is 3.15. The average Bonchev–Trinajstić information content (AvgIpc) is 2.89. The van der Waals surface area contributed by atoms with Crippen molar-refractivity contribution in [2.24, 2.45) is 0 Å². The van der Waals surface area contributed by atoms with Crippen molar-refractivity contribution in [1.29, 1.82) is 0 Å². The van der Waals surface area contributed by atoms with Gasteiger partial charge in [0.15, 0.2) is 5.75 Å². The smallest absolute Gasteiger partial charge is 0.449 e. The first-order valence-electron chi connectivity index (χ1n) is 6.58. The molecule has 0 aliphatic rings. The summed E-state index contributed by atoms with van der Waals surface area (Å²) in [6.07, 6.45) is 2.41. The van der Waals surface area contributed by atoms with Crippen molar-refractivity contribution in [1.82, 2.24) is 19.9 Å². The molecule has 8 nitrogen and oxygen atoms in total. The van der Waals surface area contributed by atoms with Gasteiger partial charge in [-0.1, -0.05) is 6.92 Å². The Morgan fingerprint density at radius 3 is 2.95 bits per heavy atom. The van der Waals surface area contributed by atoms with Crippen LogP contribution >= 0.6 is 0 Å². The molecule has 0 unspecified atom stereocenters. The number of hydrogen-bond acceptors (Lipinski definition) is 6. The maximum atomic E-state index is 10.6. The molecule has 0 saturated heterocycles. The highest BCUT2D eigenvalue weighted by atomic mass is 16.7. The molecule has 0 fully saturated rings. The molecule has 0 saturated carbocycles. The molecule has 4 N–H and O–H groups in total. The number of H-pyrrole nitrogens is 1. The third-order valence-electron chi connectivity index (χ3n) is 3.15. The Balaban J connectivity index is 2.14. The second-order valence-corrected chi connectivity index (χ2v) is 4.59. The zero-order chi connectivity index (χ0) is 15.7. The summed E-state index contributed by atoms with van der Waals surface area (Å²) in [5.74, 6) is 0.327. The van der Waals surface area contributed by atoms with Crippen LogP contribution in [-0.4, -0.2) is 31.2 Å². The maximum Gasteiger partial charge on any atom is 0.511 e. The number of aromatic amines is 1. The molecular weight excluding hydrogens is 286 g/mol. The zero-order valence-corrected chi connectivity index (χ0v) is 11.7. The van der Waals surface area contributed by atoms with Crippen LogP contribution in [0.4, 0.5) is 10.7 Å². The lowest BCUT2D eigenvalue weighted by molar-refractivity contribution is 0.144. The van der Waals surface area contributed by atoms with E-state index in [-0.39, 0.29) is 11.7 Å². The summed E-state index contributed by atoms with van der Waals surface area (Å²) in [5.41, 5.74) is 8.55. The summed E-state index contributed by atoms with van der Waals surface area (Å²) in [6.45, 7) is 1.97. The average molecular weight is 299 g/mol. The van der Waals surface area contributed by atoms with E-state index in [9.17, 15) is 4.79 Å². The molecule has 3 aromatic rings. The van der Waals surface area contributed by atoms with Gasteiger partial charge in [0.1, 0.15) is 5.65 Å². The normalized spacial score (nSPS) is 10.8. The molecule has 8 heteroatoms. The van der Waals surface area contributed by atoms with Crippen LogP contribution in [-0.2, 0) is 6.42 Å². The minimum absolute atomic E-state index is 0.138. The Labute approximate surface area is 125 Å². The van der Waals surface area contributed by atoms with E-state index in [4.69, 9.17) is 10.8 Å². The number of nitrogen functional groups attached to an aromatic ring is 1. The monoisotopic (exact) mass is 299 g/mol. The number of nitrogens with one attached hydrogen (secondary N) is 1. The highest BCUT2D eigenvalue weighted by Gasteiger charge is 2.12. The van der Waals surface area contributed by atoms with Crippen molar-refractivity contribution in [3.8, 4) is 17.0 Å². The van der Waals surface area contributed by atoms with E-state index < -0.39 is 6.16 Å². The summed E-state index contributed by atoms with van der Waals surface area (Å²) in [5, 5.41) is 9.38. The van der Waals surface area contributed by atoms with Gasteiger partial charge in [-0.2, -0.15) is 0 Å². The summed E-state index contributed by atoms with van der Waals surface area (Å²) < 4.78 is 4.63. The van der Waals surface area contributed by atoms with E-state index in [0.717, 1.165) is 17.7 Å². The van der Waals surface area contributed by atoms with Gasteiger partial charge in [0.2, 0.25) is 5.95 Å². The largest absolute Gasteiger partial charge is 0.511 e. The van der Waals surface area contributed by atoms with E-state index >= 15 is 0 Å². The maximum absolute atomic E-state index is 10.6. The van der Waals surface area contributed by atoms with Crippen molar-refractivity contribution in [2.75, 3.05) is 5.73 Å². The van der Waals surface area contributed by atoms with Gasteiger partial charge >= 0.3 is 6.16 Å². The standard InChI is InChI=1S/C14H13N5O3/c1-2-7-3-11(19-13(15)18-7)10-6-17-12-9(10)4-8(5-16-12)22-14(20)21/h3-6H,2H2,1H3,(H,16,17)(H,20,21)(H2,15,18,19). The van der Waals surface area contributed by atoms with Crippen LogP contribution in [0.5, 0.6) is 5.75 Å². The highest BCUT2D eigenvalue weighted by Crippen LogP contribution is 2.29. The quantitative estimate of drug-likeness (QED) is 0.633. The number of ether oxygens (including phenoxy) is 1. The van der Waals surface area contributed by atoms with E-state index in [1.54, 1.807) is 12.3 Å². The van der Waals surface area contributed by atoms with Crippen molar-refractivity contribution >= 4 is 23.1 Å². The molecule has 3 aromatic heterocycles. The predicted molar refractivity (Wildman–Crippen MR) is 79.6 cm³/mol. The number of carboxylic acid groups (broad SMARTS) is 1. The fraction of sp³-hybridized carbons (Fsp3) is 0.143. The van der Waals surface area contributed by atoms with Crippen LogP contribution < -0.4 is 10.5 Å². The molecule has 22 heavy (non-hydrogen) atoms. The Hall–Kier alpha value is -3.16. The van der Waals surface area contributed by atoms with Crippen molar-refractivity contribution in [3.05, 3.63) is 30.2 Å². The Morgan fingerprint density at radius 2 is 2.23 bits per heavy atom. The molecule has 0 spiro atoms. The predicted octanol–water partition coefficient (Wildman–Crippen LogP) is 2.22. The van der Waals surface area contributed by atoms with Gasteiger partial charge in [-0.05, 0) is 18.6 Å². The summed E-state index contributed by atoms with van der Waals surface area (Å²) in [4.78, 5) is 26.1. The number of fused-ring (bicyclic) bond motifs is 1. The summed E-state index contributed by atoms with van der Waals surface area (Å²) in [7, 11) is 0. The van der Waals surface area contributed by atoms with Crippen LogP contribution in [0.2, 0.25) is 0 Å². The van der Waals surface area contributed by atoms with E-state index in [2.05, 4.69) is 24.7 Å². The van der Waals surface area contributed by atoms with Crippen molar-refractivity contribution in [3.63, 3.8) is 0 Å². The van der Waals surface area contributed by atoms with Crippen LogP contribution in [0.15, 0.2) is 24.5 Å². The van der Waals surface area contributed by atoms with Crippen LogP contribution in [0.25, 0.3) is 22.3 Å². The second kappa shape index (κ2) is 5.32. The molecule has 0 atom stereocenters. The van der Waals surface area contributed by atoms with Crippen molar-refractivity contribution in [2.45, 2.75) is 13.3 Å². The van der Waals surface area contributed by atoms with Gasteiger partial charge in [-0.15, -0.1) is 0 Å². The van der Waals surface area contributed by atoms with Gasteiger partial charge in [0.05, 0.1) is 11.9 Å². The summed E-state index contributed by atoms with van der Waals surface area (Å²) >= 11 is 0. The topological polar surface area (TPSA) is 127 Å². The lowest BCUT2D eigenvalue weighted by Crippen LogP contribution is -2.03. The lowest BCUT2D eigenvalue weighted by Gasteiger charge is -2.04. The van der Waals surface area contributed by atoms with Crippen LogP contribution in [0.3, 0.4) is 0 Å². The van der Waals surface area contributed by atoms with Gasteiger partial charge in [-0.25, -0.2) is 19.7 Å². The first-order valence-corrected chi connectivity index (χ1v) is 6.58. The van der Waals surface area contributed by atoms with Crippen LogP contribution in [0.1, 0.15) is 12.6 Å². The van der Waals surface area contributed by atoms with E-state index in [1.807, 2.05) is 13.0 Å². The van der Waals surface area contributed by atoms with Crippen molar-refractivity contribution < 1.29 is 14.6 Å². The number of aromatic nitrogens is 4. The second-order valence-electron chi connectivity index (χ2n) is 4.59. The number of carbonyl (C=O) groups is 1. The molecule has 112 valence electrons. The van der Waals surface area contributed by atoms with Crippen LogP contribution in [0, 0.1) is 0 Å². The fourth-order valence-electron chi connectivity index (χ4n) is 2.19. The zero-order valence-electron chi connectivity index (χ0n) is 11.7. The summed E-state index contributed by atoms with van der Waals surface area (Å²) in [6, 6.07) is 3.43. The molecule has 0 aromatic carbocycles. The molecule has 0 bridgehead atoms. The minimum atomic E-state index is -1.39. The molecule has 0 amide bonds. The number of pyridine rings is 1. The number of rotatable bonds is 3. The van der Waals surface area contributed by atoms with E-state index in [0.29, 0.717) is 16.7 Å². The lowest BCUT2D eigenvalue weighted by atomic mass is 10.1. The SMILES string of the molecule is CCc1cc(-c2c[nH]c3ncc(OC(=O)O)cc23)nc(N)n1. The Morgan fingerprint density at radius 1 is 1.41 bits per heavy atom. The Kier molecular flexibility index (Phi) is 3.34. The number of nitrogens with two attached hydrogens (primary N) is 1. The molecule has 0 aliphatic heterocycles. The number of aryl methyl sites for hydroxylation is 1. The first kappa shape index (κ1) is 13.8. The number of nitrogens with zero attached hydrogens (tertiary/aromatic N) is 3. The Bertz CT molecular complexity index is 859. The highest BCUT2D eigenvalue weighted by molar-refractivity contribution is 5.93. The molecule has 0 aliphatic carbocycles. The molecule has 3 rings (SSSR count). The fourth-order valence-corrected chi connectivity index (χ4v) is 2.19. The van der Waals surface area contributed by atoms with Gasteiger partial charge in [0, 0.05) is 22.8 Å². The van der Waals surface area contributed by atoms with Gasteiger partial charge < -0.3 is 20.6 Å².